The fourth-order valence-electron chi connectivity index (χ4n) is 2.72. The van der Waals surface area contributed by atoms with Crippen molar-refractivity contribution < 1.29 is 19.1 Å². The van der Waals surface area contributed by atoms with E-state index in [4.69, 9.17) is 14.3 Å². The van der Waals surface area contributed by atoms with Gasteiger partial charge in [0.05, 0.1) is 12.2 Å². The fraction of sp³-hybridized carbons (Fsp3) is 0.467. The standard InChI is InChI=1S/C15H18N2O4/c1-17-7-2-3-11(17)6-8-20-15-16-12-5-4-10(14(18)19)9-13(12)21-15/h4-5,9,11H,2-3,6-8H2,1H3,(H,18,19). The SMILES string of the molecule is CN1CCCC1CCOc1nc2ccc(C(=O)O)cc2o1. The van der Waals surface area contributed by atoms with Gasteiger partial charge >= 0.3 is 12.0 Å². The van der Waals surface area contributed by atoms with Crippen LogP contribution in [-0.4, -0.2) is 47.2 Å². The maximum atomic E-state index is 10.9. The van der Waals surface area contributed by atoms with Crippen molar-refractivity contribution in [3.63, 3.8) is 0 Å². The summed E-state index contributed by atoms with van der Waals surface area (Å²) in [6.07, 6.45) is 3.58. The highest BCUT2D eigenvalue weighted by Gasteiger charge is 2.20. The lowest BCUT2D eigenvalue weighted by atomic mass is 10.2. The molecule has 1 aromatic carbocycles. The van der Waals surface area contributed by atoms with Gasteiger partial charge < -0.3 is 19.2 Å². The highest BCUT2D eigenvalue weighted by molar-refractivity contribution is 5.91. The van der Waals surface area contributed by atoms with Crippen LogP contribution in [0.1, 0.15) is 29.6 Å². The molecule has 0 saturated carbocycles. The Morgan fingerprint density at radius 3 is 3.14 bits per heavy atom. The van der Waals surface area contributed by atoms with Gasteiger partial charge in [-0.1, -0.05) is 0 Å². The van der Waals surface area contributed by atoms with Gasteiger partial charge in [-0.2, -0.15) is 4.98 Å². The smallest absolute Gasteiger partial charge is 0.394 e. The molecule has 3 rings (SSSR count). The average molecular weight is 290 g/mol. The van der Waals surface area contributed by atoms with Gasteiger partial charge in [0.25, 0.3) is 0 Å². The summed E-state index contributed by atoms with van der Waals surface area (Å²) in [5, 5.41) is 8.94. The van der Waals surface area contributed by atoms with Crippen molar-refractivity contribution in [3.8, 4) is 6.08 Å². The predicted octanol–water partition coefficient (Wildman–Crippen LogP) is 2.39. The molecule has 1 N–H and O–H groups in total. The van der Waals surface area contributed by atoms with Crippen LogP contribution in [0.4, 0.5) is 0 Å². The van der Waals surface area contributed by atoms with Gasteiger partial charge in [-0.3, -0.25) is 0 Å². The number of nitrogens with zero attached hydrogens (tertiary/aromatic N) is 2. The Morgan fingerprint density at radius 1 is 1.57 bits per heavy atom. The molecule has 0 aliphatic carbocycles. The lowest BCUT2D eigenvalue weighted by Crippen LogP contribution is -2.26. The van der Waals surface area contributed by atoms with Crippen molar-refractivity contribution in [1.29, 1.82) is 0 Å². The topological polar surface area (TPSA) is 75.8 Å². The Hall–Kier alpha value is -2.08. The van der Waals surface area contributed by atoms with Crippen molar-refractivity contribution in [2.45, 2.75) is 25.3 Å². The van der Waals surface area contributed by atoms with E-state index in [2.05, 4.69) is 16.9 Å². The van der Waals surface area contributed by atoms with Gasteiger partial charge in [-0.05, 0) is 51.1 Å². The van der Waals surface area contributed by atoms with E-state index in [0.717, 1.165) is 13.0 Å². The van der Waals surface area contributed by atoms with E-state index in [-0.39, 0.29) is 11.6 Å². The highest BCUT2D eigenvalue weighted by atomic mass is 16.6. The predicted molar refractivity (Wildman–Crippen MR) is 76.7 cm³/mol. The lowest BCUT2D eigenvalue weighted by molar-refractivity contribution is 0.0697. The number of aromatic carboxylic acids is 1. The van der Waals surface area contributed by atoms with Crippen LogP contribution in [0.3, 0.4) is 0 Å². The summed E-state index contributed by atoms with van der Waals surface area (Å²) in [5.41, 5.74) is 1.22. The minimum atomic E-state index is -0.986. The normalized spacial score (nSPS) is 19.2. The van der Waals surface area contributed by atoms with E-state index >= 15 is 0 Å². The third-order valence-corrected chi connectivity index (χ3v) is 3.96. The first-order valence-electron chi connectivity index (χ1n) is 7.10. The van der Waals surface area contributed by atoms with Gasteiger partial charge in [0.1, 0.15) is 5.52 Å². The number of ether oxygens (including phenoxy) is 1. The zero-order valence-corrected chi connectivity index (χ0v) is 11.9. The Kier molecular flexibility index (Phi) is 3.79. The van der Waals surface area contributed by atoms with Crippen molar-refractivity contribution in [2.24, 2.45) is 0 Å². The molecule has 1 fully saturated rings. The number of likely N-dealkylation sites (tertiary alicyclic amines) is 1. The summed E-state index contributed by atoms with van der Waals surface area (Å²) in [6, 6.07) is 5.15. The molecule has 0 amide bonds. The first-order chi connectivity index (χ1) is 10.1. The molecule has 1 atom stereocenters. The minimum Gasteiger partial charge on any atom is -0.478 e. The summed E-state index contributed by atoms with van der Waals surface area (Å²) in [6.45, 7) is 1.69. The molecule has 2 aromatic rings. The largest absolute Gasteiger partial charge is 0.478 e. The number of hydrogen-bond donors (Lipinski definition) is 1. The molecule has 112 valence electrons. The molecule has 0 bridgehead atoms. The summed E-state index contributed by atoms with van der Waals surface area (Å²) < 4.78 is 11.0. The maximum absolute atomic E-state index is 10.9. The van der Waals surface area contributed by atoms with Gasteiger partial charge in [0, 0.05) is 6.04 Å². The van der Waals surface area contributed by atoms with Crippen molar-refractivity contribution >= 4 is 17.1 Å². The maximum Gasteiger partial charge on any atom is 0.394 e. The van der Waals surface area contributed by atoms with E-state index in [1.165, 1.54) is 25.0 Å². The molecule has 6 heteroatoms. The molecular weight excluding hydrogens is 272 g/mol. The van der Waals surface area contributed by atoms with E-state index in [9.17, 15) is 4.79 Å². The summed E-state index contributed by atoms with van der Waals surface area (Å²) in [7, 11) is 2.13. The molecule has 1 aliphatic heterocycles. The van der Waals surface area contributed by atoms with Crippen LogP contribution in [0.25, 0.3) is 11.1 Å². The lowest BCUT2D eigenvalue weighted by Gasteiger charge is -2.18. The van der Waals surface area contributed by atoms with E-state index in [1.54, 1.807) is 6.07 Å². The number of carbonyl (C=O) groups is 1. The van der Waals surface area contributed by atoms with Gasteiger partial charge in [-0.15, -0.1) is 0 Å². The molecule has 2 heterocycles. The number of benzene rings is 1. The molecule has 1 saturated heterocycles. The Labute approximate surface area is 122 Å². The summed E-state index contributed by atoms with van der Waals surface area (Å²) >= 11 is 0. The third-order valence-electron chi connectivity index (χ3n) is 3.96. The Bertz CT molecular complexity index is 652. The molecule has 21 heavy (non-hydrogen) atoms. The van der Waals surface area contributed by atoms with E-state index in [0.29, 0.717) is 23.7 Å². The number of aromatic nitrogens is 1. The first kappa shape index (κ1) is 13.9. The molecule has 6 nitrogen and oxygen atoms in total. The van der Waals surface area contributed by atoms with E-state index < -0.39 is 5.97 Å². The number of hydrogen-bond acceptors (Lipinski definition) is 5. The molecule has 1 unspecified atom stereocenters. The van der Waals surface area contributed by atoms with Gasteiger partial charge in [-0.25, -0.2) is 4.79 Å². The molecule has 1 aromatic heterocycles. The Morgan fingerprint density at radius 2 is 2.43 bits per heavy atom. The quantitative estimate of drug-likeness (QED) is 0.911. The van der Waals surface area contributed by atoms with Gasteiger partial charge in [0.2, 0.25) is 0 Å². The number of oxazole rings is 1. The zero-order chi connectivity index (χ0) is 14.8. The second kappa shape index (κ2) is 5.73. The third kappa shape index (κ3) is 3.00. The number of rotatable bonds is 5. The van der Waals surface area contributed by atoms with Crippen molar-refractivity contribution in [3.05, 3.63) is 23.8 Å². The summed E-state index contributed by atoms with van der Waals surface area (Å²) in [5.74, 6) is -0.986. The Balaban J connectivity index is 1.63. The van der Waals surface area contributed by atoms with Gasteiger partial charge in [0.15, 0.2) is 5.58 Å². The monoisotopic (exact) mass is 290 g/mol. The molecule has 1 aliphatic rings. The second-order valence-corrected chi connectivity index (χ2v) is 5.38. The first-order valence-corrected chi connectivity index (χ1v) is 7.10. The summed E-state index contributed by atoms with van der Waals surface area (Å²) in [4.78, 5) is 17.4. The molecule has 0 radical (unpaired) electrons. The van der Waals surface area contributed by atoms with Crippen LogP contribution in [0.2, 0.25) is 0 Å². The zero-order valence-electron chi connectivity index (χ0n) is 11.9. The van der Waals surface area contributed by atoms with Crippen molar-refractivity contribution in [1.82, 2.24) is 9.88 Å². The van der Waals surface area contributed by atoms with Crippen molar-refractivity contribution in [2.75, 3.05) is 20.2 Å². The number of carboxylic acid groups (broad SMARTS) is 1. The van der Waals surface area contributed by atoms with Crippen LogP contribution in [0.5, 0.6) is 6.08 Å². The highest BCUT2D eigenvalue weighted by Crippen LogP contribution is 2.23. The van der Waals surface area contributed by atoms with Crippen LogP contribution >= 0.6 is 0 Å². The minimum absolute atomic E-state index is 0.179. The number of fused-ring (bicyclic) bond motifs is 1. The van der Waals surface area contributed by atoms with Crippen LogP contribution in [0.15, 0.2) is 22.6 Å². The fourth-order valence-corrected chi connectivity index (χ4v) is 2.72. The van der Waals surface area contributed by atoms with Crippen LogP contribution < -0.4 is 4.74 Å². The second-order valence-electron chi connectivity index (χ2n) is 5.38. The van der Waals surface area contributed by atoms with E-state index in [1.807, 2.05) is 0 Å². The number of carboxylic acids is 1. The molecule has 0 spiro atoms. The van der Waals surface area contributed by atoms with Crippen LogP contribution in [0, 0.1) is 0 Å². The van der Waals surface area contributed by atoms with Crippen LogP contribution in [-0.2, 0) is 0 Å². The molecular formula is C15H18N2O4. The average Bonchev–Trinajstić information content (AvgIpc) is 3.04.